The van der Waals surface area contributed by atoms with Crippen molar-refractivity contribution >= 4 is 38.8 Å². The number of nitrogens with zero attached hydrogens (tertiary/aromatic N) is 5. The van der Waals surface area contributed by atoms with Gasteiger partial charge in [0, 0.05) is 56.0 Å². The first kappa shape index (κ1) is 28.8. The minimum absolute atomic E-state index is 0.0384. The minimum atomic E-state index is -3.74. The molecular weight excluding hydrogens is 545 g/mol. The third kappa shape index (κ3) is 5.99. The van der Waals surface area contributed by atoms with Gasteiger partial charge in [-0.25, -0.2) is 27.8 Å². The van der Waals surface area contributed by atoms with Crippen molar-refractivity contribution in [1.29, 1.82) is 0 Å². The van der Waals surface area contributed by atoms with Gasteiger partial charge in [-0.15, -0.1) is 0 Å². The SMILES string of the molecule is CCC(C(=O)Nc1nccc2c1CC=C2c1nc(Nc2cccc(S(C)(=O)=O)c2F)ncc1C)N1CCN(C)CC1. The summed E-state index contributed by atoms with van der Waals surface area (Å²) < 4.78 is 38.8. The molecule has 3 aromatic rings. The summed E-state index contributed by atoms with van der Waals surface area (Å²) in [6.07, 6.45) is 7.57. The maximum atomic E-state index is 14.9. The fourth-order valence-electron chi connectivity index (χ4n) is 5.33. The van der Waals surface area contributed by atoms with E-state index in [1.54, 1.807) is 12.4 Å². The van der Waals surface area contributed by atoms with Crippen LogP contribution in [0.2, 0.25) is 0 Å². The normalized spacial score (nSPS) is 16.7. The lowest BCUT2D eigenvalue weighted by atomic mass is 10.0. The molecule has 12 heteroatoms. The van der Waals surface area contributed by atoms with Crippen LogP contribution in [0, 0.1) is 12.7 Å². The van der Waals surface area contributed by atoms with Crippen LogP contribution in [0.4, 0.5) is 21.8 Å². The number of piperazine rings is 1. The van der Waals surface area contributed by atoms with Crippen molar-refractivity contribution in [2.45, 2.75) is 37.6 Å². The lowest BCUT2D eigenvalue weighted by Crippen LogP contribution is -2.52. The average Bonchev–Trinajstić information content (AvgIpc) is 3.37. The molecule has 5 rings (SSSR count). The number of allylic oxidation sites excluding steroid dienone is 1. The summed E-state index contributed by atoms with van der Waals surface area (Å²) in [6.45, 7) is 7.47. The fourth-order valence-corrected chi connectivity index (χ4v) is 6.09. The van der Waals surface area contributed by atoms with Gasteiger partial charge in [0.1, 0.15) is 10.7 Å². The molecule has 0 saturated carbocycles. The van der Waals surface area contributed by atoms with E-state index in [0.29, 0.717) is 24.4 Å². The Kier molecular flexibility index (Phi) is 8.16. The predicted octanol–water partition coefficient (Wildman–Crippen LogP) is 3.42. The first-order valence-electron chi connectivity index (χ1n) is 13.6. The standard InChI is InChI=1S/C29H34FN7O3S/c1-5-23(37-15-13-36(3)14-16-37)28(38)35-27-21-10-9-20(19(21)11-12-31-27)26-18(2)17-32-29(34-26)33-22-7-6-8-24(25(22)30)41(4,39)40/h6-9,11-12,17,23H,5,10,13-16H2,1-4H3,(H,31,35,38)(H,32,33,34). The number of aryl methyl sites for hydroxylation is 1. The summed E-state index contributed by atoms with van der Waals surface area (Å²) >= 11 is 0. The molecule has 1 aliphatic heterocycles. The molecule has 1 amide bonds. The zero-order valence-corrected chi connectivity index (χ0v) is 24.4. The second-order valence-electron chi connectivity index (χ2n) is 10.5. The van der Waals surface area contributed by atoms with Crippen LogP contribution in [-0.4, -0.2) is 84.6 Å². The molecule has 2 N–H and O–H groups in total. The van der Waals surface area contributed by atoms with Crippen molar-refractivity contribution in [2.24, 2.45) is 0 Å². The van der Waals surface area contributed by atoms with Crippen LogP contribution < -0.4 is 10.6 Å². The van der Waals surface area contributed by atoms with Gasteiger partial charge in [0.25, 0.3) is 0 Å². The molecule has 0 radical (unpaired) electrons. The maximum absolute atomic E-state index is 14.9. The van der Waals surface area contributed by atoms with Crippen LogP contribution >= 0.6 is 0 Å². The van der Waals surface area contributed by atoms with Gasteiger partial charge in [-0.3, -0.25) is 9.69 Å². The number of carbonyl (C=O) groups is 1. The van der Waals surface area contributed by atoms with Crippen molar-refractivity contribution < 1.29 is 17.6 Å². The summed E-state index contributed by atoms with van der Waals surface area (Å²) in [5, 5.41) is 5.91. The minimum Gasteiger partial charge on any atom is -0.322 e. The number of nitrogens with one attached hydrogen (secondary N) is 2. The maximum Gasteiger partial charge on any atom is 0.242 e. The van der Waals surface area contributed by atoms with E-state index >= 15 is 0 Å². The average molecular weight is 580 g/mol. The largest absolute Gasteiger partial charge is 0.322 e. The summed E-state index contributed by atoms with van der Waals surface area (Å²) in [7, 11) is -1.65. The van der Waals surface area contributed by atoms with Gasteiger partial charge in [-0.05, 0) is 56.1 Å². The van der Waals surface area contributed by atoms with Crippen LogP contribution in [-0.2, 0) is 21.1 Å². The number of sulfone groups is 1. The van der Waals surface area contributed by atoms with Crippen molar-refractivity contribution in [1.82, 2.24) is 24.8 Å². The molecule has 216 valence electrons. The highest BCUT2D eigenvalue weighted by Crippen LogP contribution is 2.36. The van der Waals surface area contributed by atoms with Gasteiger partial charge < -0.3 is 15.5 Å². The molecule has 1 aromatic carbocycles. The van der Waals surface area contributed by atoms with E-state index in [-0.39, 0.29) is 23.6 Å². The number of fused-ring (bicyclic) bond motifs is 1. The van der Waals surface area contributed by atoms with E-state index in [4.69, 9.17) is 0 Å². The zero-order valence-electron chi connectivity index (χ0n) is 23.6. The first-order valence-corrected chi connectivity index (χ1v) is 15.5. The molecule has 1 fully saturated rings. The number of aromatic nitrogens is 3. The van der Waals surface area contributed by atoms with Gasteiger partial charge >= 0.3 is 0 Å². The number of benzene rings is 1. The smallest absolute Gasteiger partial charge is 0.242 e. The van der Waals surface area contributed by atoms with Crippen molar-refractivity contribution in [3.63, 3.8) is 0 Å². The molecule has 2 aliphatic rings. The van der Waals surface area contributed by atoms with Crippen molar-refractivity contribution in [3.05, 3.63) is 70.9 Å². The summed E-state index contributed by atoms with van der Waals surface area (Å²) in [5.41, 5.74) is 4.09. The highest BCUT2D eigenvalue weighted by Gasteiger charge is 2.29. The molecular formula is C29H34FN7O3S. The molecule has 41 heavy (non-hydrogen) atoms. The van der Waals surface area contributed by atoms with Crippen molar-refractivity contribution in [2.75, 3.05) is 50.1 Å². The Morgan fingerprint density at radius 3 is 2.61 bits per heavy atom. The van der Waals surface area contributed by atoms with E-state index in [1.807, 2.05) is 26.0 Å². The van der Waals surface area contributed by atoms with Gasteiger partial charge in [0.2, 0.25) is 11.9 Å². The Balaban J connectivity index is 1.38. The Hall–Kier alpha value is -3.74. The third-order valence-electron chi connectivity index (χ3n) is 7.60. The Morgan fingerprint density at radius 2 is 1.90 bits per heavy atom. The number of pyridine rings is 1. The Bertz CT molecular complexity index is 1620. The van der Waals surface area contributed by atoms with E-state index in [0.717, 1.165) is 54.7 Å². The van der Waals surface area contributed by atoms with Crippen LogP contribution in [0.1, 0.15) is 35.7 Å². The summed E-state index contributed by atoms with van der Waals surface area (Å²) in [6, 6.07) is 5.78. The van der Waals surface area contributed by atoms with Crippen LogP contribution in [0.5, 0.6) is 0 Å². The molecule has 1 saturated heterocycles. The highest BCUT2D eigenvalue weighted by atomic mass is 32.2. The lowest BCUT2D eigenvalue weighted by molar-refractivity contribution is -0.122. The predicted molar refractivity (Wildman–Crippen MR) is 156 cm³/mol. The summed E-state index contributed by atoms with van der Waals surface area (Å²) in [4.78, 5) is 30.9. The number of carbonyl (C=O) groups excluding carboxylic acids is 1. The quantitative estimate of drug-likeness (QED) is 0.414. The number of likely N-dealkylation sites (N-methyl/N-ethyl adjacent to an activating group) is 1. The first-order chi connectivity index (χ1) is 19.6. The molecule has 0 spiro atoms. The highest BCUT2D eigenvalue weighted by molar-refractivity contribution is 7.90. The van der Waals surface area contributed by atoms with Gasteiger partial charge in [-0.2, -0.15) is 0 Å². The van der Waals surface area contributed by atoms with E-state index in [1.165, 1.54) is 18.2 Å². The molecule has 2 aromatic heterocycles. The van der Waals surface area contributed by atoms with E-state index < -0.39 is 20.5 Å². The fraction of sp³-hybridized carbons (Fsp3) is 0.379. The van der Waals surface area contributed by atoms with E-state index in [9.17, 15) is 17.6 Å². The molecule has 3 heterocycles. The molecule has 0 bridgehead atoms. The molecule has 1 aliphatic carbocycles. The van der Waals surface area contributed by atoms with Gasteiger partial charge in [0.15, 0.2) is 15.7 Å². The summed E-state index contributed by atoms with van der Waals surface area (Å²) in [5.74, 6) is -0.282. The van der Waals surface area contributed by atoms with E-state index in [2.05, 4.69) is 42.4 Å². The topological polar surface area (TPSA) is 120 Å². The van der Waals surface area contributed by atoms with Crippen molar-refractivity contribution in [3.8, 4) is 0 Å². The molecule has 1 unspecified atom stereocenters. The monoisotopic (exact) mass is 579 g/mol. The molecule has 1 atom stereocenters. The lowest BCUT2D eigenvalue weighted by Gasteiger charge is -2.36. The molecule has 10 nitrogen and oxygen atoms in total. The van der Waals surface area contributed by atoms with Crippen LogP contribution in [0.15, 0.2) is 47.6 Å². The number of amides is 1. The zero-order chi connectivity index (χ0) is 29.3. The van der Waals surface area contributed by atoms with Gasteiger partial charge in [-0.1, -0.05) is 19.1 Å². The van der Waals surface area contributed by atoms with Crippen LogP contribution in [0.25, 0.3) is 5.57 Å². The second kappa shape index (κ2) is 11.6. The number of anilines is 3. The number of rotatable bonds is 8. The number of hydrogen-bond acceptors (Lipinski definition) is 9. The Morgan fingerprint density at radius 1 is 1.15 bits per heavy atom. The second-order valence-corrected chi connectivity index (χ2v) is 12.5. The third-order valence-corrected chi connectivity index (χ3v) is 8.72. The van der Waals surface area contributed by atoms with Gasteiger partial charge in [0.05, 0.1) is 17.4 Å². The number of halogens is 1. The Labute approximate surface area is 239 Å². The number of hydrogen-bond donors (Lipinski definition) is 2. The van der Waals surface area contributed by atoms with Crippen LogP contribution in [0.3, 0.4) is 0 Å².